The fourth-order valence-corrected chi connectivity index (χ4v) is 2.02. The molecule has 2 N–H and O–H groups in total. The summed E-state index contributed by atoms with van der Waals surface area (Å²) in [6, 6.07) is 12.0. The maximum atomic E-state index is 10.8. The highest BCUT2D eigenvalue weighted by Crippen LogP contribution is 2.32. The van der Waals surface area contributed by atoms with E-state index < -0.39 is 5.97 Å². The molecule has 2 aromatic carbocycles. The van der Waals surface area contributed by atoms with Crippen molar-refractivity contribution in [1.82, 2.24) is 0 Å². The number of rotatable bonds is 4. The summed E-state index contributed by atoms with van der Waals surface area (Å²) in [5, 5.41) is 13.1. The molecule has 0 saturated heterocycles. The van der Waals surface area contributed by atoms with Crippen LogP contribution >= 0.6 is 0 Å². The van der Waals surface area contributed by atoms with Crippen molar-refractivity contribution in [3.63, 3.8) is 0 Å². The molecule has 0 aromatic heterocycles. The summed E-state index contributed by atoms with van der Waals surface area (Å²) >= 11 is 0. The second-order valence-electron chi connectivity index (χ2n) is 4.76. The molecule has 0 atom stereocenters. The second kappa shape index (κ2) is 5.77. The van der Waals surface area contributed by atoms with Crippen molar-refractivity contribution in [1.29, 1.82) is 0 Å². The Morgan fingerprint density at radius 1 is 1.09 bits per heavy atom. The number of ether oxygens (including phenoxy) is 2. The molecule has 0 saturated carbocycles. The van der Waals surface area contributed by atoms with Crippen LogP contribution in [-0.2, 0) is 0 Å². The van der Waals surface area contributed by atoms with E-state index in [1.807, 2.05) is 25.1 Å². The van der Waals surface area contributed by atoms with Gasteiger partial charge in [-0.15, -0.1) is 0 Å². The summed E-state index contributed by atoms with van der Waals surface area (Å²) in [7, 11) is 0. The summed E-state index contributed by atoms with van der Waals surface area (Å²) < 4.78 is 10.6. The van der Waals surface area contributed by atoms with E-state index in [9.17, 15) is 4.79 Å². The van der Waals surface area contributed by atoms with Gasteiger partial charge in [0.15, 0.2) is 11.5 Å². The third-order valence-corrected chi connectivity index (χ3v) is 3.27. The Bertz CT molecular complexity index is 738. The first-order valence-corrected chi connectivity index (χ1v) is 6.67. The average Bonchev–Trinajstić information content (AvgIpc) is 3.00. The van der Waals surface area contributed by atoms with Crippen LogP contribution in [0.1, 0.15) is 22.8 Å². The van der Waals surface area contributed by atoms with Gasteiger partial charge >= 0.3 is 5.97 Å². The molecule has 0 bridgehead atoms. The predicted molar refractivity (Wildman–Crippen MR) is 81.8 cm³/mol. The highest BCUT2D eigenvalue weighted by Gasteiger charge is 2.13. The summed E-state index contributed by atoms with van der Waals surface area (Å²) in [6.07, 6.45) is 0. The lowest BCUT2D eigenvalue weighted by Gasteiger charge is -2.05. The summed E-state index contributed by atoms with van der Waals surface area (Å²) in [4.78, 5) is 10.8. The molecule has 0 amide bonds. The minimum Gasteiger partial charge on any atom is -0.478 e. The van der Waals surface area contributed by atoms with Crippen LogP contribution in [0, 0.1) is 0 Å². The lowest BCUT2D eigenvalue weighted by Crippen LogP contribution is -2.00. The maximum Gasteiger partial charge on any atom is 0.335 e. The third-order valence-electron chi connectivity index (χ3n) is 3.27. The number of fused-ring (bicyclic) bond motifs is 1. The van der Waals surface area contributed by atoms with E-state index in [0.29, 0.717) is 11.4 Å². The number of carboxylic acid groups (broad SMARTS) is 1. The molecule has 0 radical (unpaired) electrons. The van der Waals surface area contributed by atoms with Gasteiger partial charge in [0.05, 0.1) is 17.0 Å². The first kappa shape index (κ1) is 13.9. The Balaban J connectivity index is 1.73. The topological polar surface area (TPSA) is 80.2 Å². The van der Waals surface area contributed by atoms with Crippen LogP contribution in [-0.4, -0.2) is 23.6 Å². The number of hydrogen-bond donors (Lipinski definition) is 2. The lowest BCUT2D eigenvalue weighted by molar-refractivity contribution is 0.0697. The highest BCUT2D eigenvalue weighted by atomic mass is 16.7. The summed E-state index contributed by atoms with van der Waals surface area (Å²) in [5.74, 6) is 0.484. The Labute approximate surface area is 127 Å². The average molecular weight is 298 g/mol. The van der Waals surface area contributed by atoms with Crippen LogP contribution in [0.2, 0.25) is 0 Å². The van der Waals surface area contributed by atoms with Gasteiger partial charge in [-0.05, 0) is 49.4 Å². The van der Waals surface area contributed by atoms with Gasteiger partial charge in [-0.25, -0.2) is 4.79 Å². The number of nitrogens with one attached hydrogen (secondary N) is 1. The summed E-state index contributed by atoms with van der Waals surface area (Å²) in [5.41, 5.74) is 5.54. The molecule has 1 aliphatic heterocycles. The van der Waals surface area contributed by atoms with Gasteiger partial charge in [0.1, 0.15) is 0 Å². The Hall–Kier alpha value is -3.02. The normalized spacial score (nSPS) is 13.0. The van der Waals surface area contributed by atoms with Gasteiger partial charge in [-0.3, -0.25) is 5.43 Å². The smallest absolute Gasteiger partial charge is 0.335 e. The van der Waals surface area contributed by atoms with Crippen LogP contribution in [0.3, 0.4) is 0 Å². The van der Waals surface area contributed by atoms with Gasteiger partial charge in [0.2, 0.25) is 6.79 Å². The molecule has 112 valence electrons. The van der Waals surface area contributed by atoms with E-state index in [2.05, 4.69) is 10.5 Å². The van der Waals surface area contributed by atoms with Crippen molar-refractivity contribution in [2.75, 3.05) is 12.2 Å². The van der Waals surface area contributed by atoms with Gasteiger partial charge in [0.25, 0.3) is 0 Å². The zero-order valence-electron chi connectivity index (χ0n) is 11.9. The van der Waals surface area contributed by atoms with Gasteiger partial charge in [-0.2, -0.15) is 5.10 Å². The molecule has 6 heteroatoms. The Morgan fingerprint density at radius 3 is 2.50 bits per heavy atom. The van der Waals surface area contributed by atoms with Crippen molar-refractivity contribution in [2.24, 2.45) is 5.10 Å². The fraction of sp³-hybridized carbons (Fsp3) is 0.125. The van der Waals surface area contributed by atoms with Crippen LogP contribution < -0.4 is 14.9 Å². The van der Waals surface area contributed by atoms with Crippen LogP contribution in [0.15, 0.2) is 47.6 Å². The first-order chi connectivity index (χ1) is 10.6. The molecule has 1 heterocycles. The molecular formula is C16H14N2O4. The van der Waals surface area contributed by atoms with Crippen LogP contribution in [0.5, 0.6) is 11.5 Å². The van der Waals surface area contributed by atoms with E-state index in [0.717, 1.165) is 17.0 Å². The van der Waals surface area contributed by atoms with Crippen molar-refractivity contribution < 1.29 is 19.4 Å². The maximum absolute atomic E-state index is 10.8. The number of hydrazone groups is 1. The molecular weight excluding hydrogens is 284 g/mol. The van der Waals surface area contributed by atoms with Crippen molar-refractivity contribution in [2.45, 2.75) is 6.92 Å². The SMILES string of the molecule is C/C(=N\Nc1ccc(C(=O)O)cc1)c1ccc2c(c1)OCO2. The molecule has 1 aliphatic rings. The molecule has 3 rings (SSSR count). The van der Waals surface area contributed by atoms with Crippen molar-refractivity contribution >= 4 is 17.4 Å². The number of nitrogens with zero attached hydrogens (tertiary/aromatic N) is 1. The minimum absolute atomic E-state index is 0.238. The number of benzene rings is 2. The summed E-state index contributed by atoms with van der Waals surface area (Å²) in [6.45, 7) is 2.11. The van der Waals surface area contributed by atoms with Crippen molar-refractivity contribution in [3.8, 4) is 11.5 Å². The number of anilines is 1. The number of aromatic carboxylic acids is 1. The van der Waals surface area contributed by atoms with E-state index >= 15 is 0 Å². The van der Waals surface area contributed by atoms with E-state index in [1.54, 1.807) is 12.1 Å². The second-order valence-corrected chi connectivity index (χ2v) is 4.76. The predicted octanol–water partition coefficient (Wildman–Crippen LogP) is 2.95. The number of hydrogen-bond acceptors (Lipinski definition) is 5. The standard InChI is InChI=1S/C16H14N2O4/c1-10(12-4-7-14-15(8-12)22-9-21-14)17-18-13-5-2-11(3-6-13)16(19)20/h2-8,18H,9H2,1H3,(H,19,20)/b17-10+. The first-order valence-electron chi connectivity index (χ1n) is 6.67. The highest BCUT2D eigenvalue weighted by molar-refractivity contribution is 5.99. The molecule has 0 unspecified atom stereocenters. The largest absolute Gasteiger partial charge is 0.478 e. The molecule has 0 spiro atoms. The molecule has 6 nitrogen and oxygen atoms in total. The van der Waals surface area contributed by atoms with E-state index in [4.69, 9.17) is 14.6 Å². The zero-order valence-corrected chi connectivity index (χ0v) is 11.9. The van der Waals surface area contributed by atoms with Gasteiger partial charge in [-0.1, -0.05) is 0 Å². The quantitative estimate of drug-likeness (QED) is 0.670. The third kappa shape index (κ3) is 2.85. The zero-order chi connectivity index (χ0) is 15.5. The number of carbonyl (C=O) groups is 1. The molecule has 2 aromatic rings. The van der Waals surface area contributed by atoms with Crippen LogP contribution in [0.4, 0.5) is 5.69 Å². The van der Waals surface area contributed by atoms with Crippen molar-refractivity contribution in [3.05, 3.63) is 53.6 Å². The minimum atomic E-state index is -0.952. The number of carboxylic acids is 1. The van der Waals surface area contributed by atoms with E-state index in [-0.39, 0.29) is 12.4 Å². The van der Waals surface area contributed by atoms with E-state index in [1.165, 1.54) is 12.1 Å². The molecule has 0 aliphatic carbocycles. The van der Waals surface area contributed by atoms with Gasteiger partial charge < -0.3 is 14.6 Å². The van der Waals surface area contributed by atoms with Gasteiger partial charge in [0, 0.05) is 5.56 Å². The Morgan fingerprint density at radius 2 is 1.77 bits per heavy atom. The molecule has 22 heavy (non-hydrogen) atoms. The fourth-order valence-electron chi connectivity index (χ4n) is 2.02. The van der Waals surface area contributed by atoms with Crippen LogP contribution in [0.25, 0.3) is 0 Å². The lowest BCUT2D eigenvalue weighted by atomic mass is 10.1. The monoisotopic (exact) mass is 298 g/mol. The Kier molecular flexibility index (Phi) is 3.65. The molecule has 0 fully saturated rings.